The molecule has 0 spiro atoms. The van der Waals surface area contributed by atoms with E-state index >= 15 is 0 Å². The van der Waals surface area contributed by atoms with E-state index in [0.717, 1.165) is 24.3 Å². The van der Waals surface area contributed by atoms with Crippen LogP contribution >= 0.6 is 11.6 Å². The third-order valence-corrected chi connectivity index (χ3v) is 3.29. The predicted octanol–water partition coefficient (Wildman–Crippen LogP) is 3.93. The number of hydrogen-bond acceptors (Lipinski definition) is 1. The Bertz CT molecular complexity index is 502. The number of benzene rings is 1. The highest BCUT2D eigenvalue weighted by atomic mass is 35.5. The first-order valence-corrected chi connectivity index (χ1v) is 6.82. The molecule has 0 aliphatic rings. The van der Waals surface area contributed by atoms with Crippen molar-refractivity contribution in [2.75, 3.05) is 5.88 Å². The standard InChI is InChI=1S/C14H19ClN2/c1-3-4-10-17-13(8-9-15)16-12-7-5-6-11(2)14(12)17/h5-7H,3-4,8-10H2,1-2H3. The third kappa shape index (κ3) is 2.47. The lowest BCUT2D eigenvalue weighted by atomic mass is 10.2. The van der Waals surface area contributed by atoms with Crippen LogP contribution in [0.1, 0.15) is 31.2 Å². The van der Waals surface area contributed by atoms with Crippen LogP contribution in [0.25, 0.3) is 11.0 Å². The fraction of sp³-hybridized carbons (Fsp3) is 0.500. The molecule has 0 saturated carbocycles. The van der Waals surface area contributed by atoms with Crippen LogP contribution in [-0.2, 0) is 13.0 Å². The Kier molecular flexibility index (Phi) is 4.06. The zero-order valence-corrected chi connectivity index (χ0v) is 11.3. The van der Waals surface area contributed by atoms with Gasteiger partial charge >= 0.3 is 0 Å². The van der Waals surface area contributed by atoms with Crippen LogP contribution in [0.2, 0.25) is 0 Å². The summed E-state index contributed by atoms with van der Waals surface area (Å²) >= 11 is 5.86. The van der Waals surface area contributed by atoms with E-state index in [4.69, 9.17) is 16.6 Å². The summed E-state index contributed by atoms with van der Waals surface area (Å²) in [6.07, 6.45) is 3.24. The molecule has 92 valence electrons. The molecule has 0 aliphatic heterocycles. The van der Waals surface area contributed by atoms with Crippen LogP contribution in [-0.4, -0.2) is 15.4 Å². The lowest BCUT2D eigenvalue weighted by Gasteiger charge is -2.08. The minimum absolute atomic E-state index is 0.633. The van der Waals surface area contributed by atoms with Crippen molar-refractivity contribution in [3.8, 4) is 0 Å². The van der Waals surface area contributed by atoms with E-state index in [1.165, 1.54) is 23.9 Å². The Balaban J connectivity index is 2.52. The van der Waals surface area contributed by atoms with Gasteiger partial charge in [0.05, 0.1) is 11.0 Å². The summed E-state index contributed by atoms with van der Waals surface area (Å²) in [5.41, 5.74) is 3.68. The van der Waals surface area contributed by atoms with Crippen LogP contribution in [0.15, 0.2) is 18.2 Å². The maximum Gasteiger partial charge on any atom is 0.111 e. The summed E-state index contributed by atoms with van der Waals surface area (Å²) in [7, 11) is 0. The Morgan fingerprint density at radius 1 is 1.35 bits per heavy atom. The molecular formula is C14H19ClN2. The van der Waals surface area contributed by atoms with Gasteiger partial charge < -0.3 is 4.57 Å². The van der Waals surface area contributed by atoms with Gasteiger partial charge in [-0.25, -0.2) is 4.98 Å². The molecule has 0 aliphatic carbocycles. The number of rotatable bonds is 5. The van der Waals surface area contributed by atoms with E-state index in [-0.39, 0.29) is 0 Å². The van der Waals surface area contributed by atoms with Crippen molar-refractivity contribution in [2.24, 2.45) is 0 Å². The Labute approximate surface area is 108 Å². The number of alkyl halides is 1. The maximum atomic E-state index is 5.86. The van der Waals surface area contributed by atoms with E-state index in [0.29, 0.717) is 5.88 Å². The maximum absolute atomic E-state index is 5.86. The van der Waals surface area contributed by atoms with Gasteiger partial charge in [-0.15, -0.1) is 11.6 Å². The van der Waals surface area contributed by atoms with Crippen LogP contribution in [0.4, 0.5) is 0 Å². The van der Waals surface area contributed by atoms with Crippen molar-refractivity contribution < 1.29 is 0 Å². The topological polar surface area (TPSA) is 17.8 Å². The van der Waals surface area contributed by atoms with E-state index in [1.54, 1.807) is 0 Å². The van der Waals surface area contributed by atoms with Crippen LogP contribution in [0, 0.1) is 6.92 Å². The van der Waals surface area contributed by atoms with Gasteiger partial charge in [-0.05, 0) is 25.0 Å². The van der Waals surface area contributed by atoms with Crippen molar-refractivity contribution in [1.82, 2.24) is 9.55 Å². The molecule has 2 nitrogen and oxygen atoms in total. The van der Waals surface area contributed by atoms with E-state index in [1.807, 2.05) is 0 Å². The van der Waals surface area contributed by atoms with Crippen molar-refractivity contribution in [1.29, 1.82) is 0 Å². The summed E-state index contributed by atoms with van der Waals surface area (Å²) in [5, 5.41) is 0. The fourth-order valence-electron chi connectivity index (χ4n) is 2.25. The fourth-order valence-corrected chi connectivity index (χ4v) is 2.41. The number of halogens is 1. The van der Waals surface area contributed by atoms with Gasteiger partial charge in [0, 0.05) is 18.8 Å². The molecule has 0 fully saturated rings. The van der Waals surface area contributed by atoms with Gasteiger partial charge in [-0.3, -0.25) is 0 Å². The van der Waals surface area contributed by atoms with Crippen molar-refractivity contribution >= 4 is 22.6 Å². The first kappa shape index (κ1) is 12.4. The SMILES string of the molecule is CCCCn1c(CCCl)nc2cccc(C)c21. The number of aromatic nitrogens is 2. The number of fused-ring (bicyclic) bond motifs is 1. The molecule has 1 aromatic carbocycles. The largest absolute Gasteiger partial charge is 0.328 e. The van der Waals surface area contributed by atoms with Crippen LogP contribution in [0.5, 0.6) is 0 Å². The average molecular weight is 251 g/mol. The van der Waals surface area contributed by atoms with Crippen molar-refractivity contribution in [2.45, 2.75) is 39.7 Å². The summed E-state index contributed by atoms with van der Waals surface area (Å²) in [4.78, 5) is 4.69. The zero-order valence-electron chi connectivity index (χ0n) is 10.5. The van der Waals surface area contributed by atoms with Crippen LogP contribution in [0.3, 0.4) is 0 Å². The van der Waals surface area contributed by atoms with E-state index < -0.39 is 0 Å². The monoisotopic (exact) mass is 250 g/mol. The predicted molar refractivity (Wildman–Crippen MR) is 73.8 cm³/mol. The molecule has 2 rings (SSSR count). The Morgan fingerprint density at radius 3 is 2.88 bits per heavy atom. The normalized spacial score (nSPS) is 11.2. The third-order valence-electron chi connectivity index (χ3n) is 3.10. The first-order chi connectivity index (χ1) is 8.27. The number of unbranched alkanes of at least 4 members (excludes halogenated alkanes) is 1. The molecular weight excluding hydrogens is 232 g/mol. The van der Waals surface area contributed by atoms with Gasteiger partial charge in [-0.2, -0.15) is 0 Å². The minimum atomic E-state index is 0.633. The van der Waals surface area contributed by atoms with Crippen molar-refractivity contribution in [3.05, 3.63) is 29.6 Å². The van der Waals surface area contributed by atoms with Gasteiger partial charge in [0.2, 0.25) is 0 Å². The second-order valence-electron chi connectivity index (χ2n) is 4.41. The van der Waals surface area contributed by atoms with Crippen LogP contribution < -0.4 is 0 Å². The highest BCUT2D eigenvalue weighted by Gasteiger charge is 2.11. The molecule has 0 radical (unpaired) electrons. The molecule has 3 heteroatoms. The van der Waals surface area contributed by atoms with Gasteiger partial charge in [0.1, 0.15) is 5.82 Å². The van der Waals surface area contributed by atoms with Gasteiger partial charge in [-0.1, -0.05) is 25.5 Å². The molecule has 0 amide bonds. The number of para-hydroxylation sites is 1. The lowest BCUT2D eigenvalue weighted by molar-refractivity contribution is 0.619. The van der Waals surface area contributed by atoms with Gasteiger partial charge in [0.25, 0.3) is 0 Å². The molecule has 0 atom stereocenters. The highest BCUT2D eigenvalue weighted by Crippen LogP contribution is 2.21. The Hall–Kier alpha value is -1.02. The Morgan fingerprint density at radius 2 is 2.18 bits per heavy atom. The number of hydrogen-bond donors (Lipinski definition) is 0. The second-order valence-corrected chi connectivity index (χ2v) is 4.79. The first-order valence-electron chi connectivity index (χ1n) is 6.28. The number of imidazole rings is 1. The van der Waals surface area contributed by atoms with Gasteiger partial charge in [0.15, 0.2) is 0 Å². The molecule has 2 aromatic rings. The quantitative estimate of drug-likeness (QED) is 0.736. The molecule has 17 heavy (non-hydrogen) atoms. The highest BCUT2D eigenvalue weighted by molar-refractivity contribution is 6.17. The van der Waals surface area contributed by atoms with E-state index in [2.05, 4.69) is 36.6 Å². The summed E-state index contributed by atoms with van der Waals surface area (Å²) in [6.45, 7) is 5.41. The smallest absolute Gasteiger partial charge is 0.111 e. The summed E-state index contributed by atoms with van der Waals surface area (Å²) in [5.74, 6) is 1.76. The van der Waals surface area contributed by atoms with Crippen molar-refractivity contribution in [3.63, 3.8) is 0 Å². The van der Waals surface area contributed by atoms with E-state index in [9.17, 15) is 0 Å². The zero-order chi connectivity index (χ0) is 12.3. The number of aryl methyl sites for hydroxylation is 3. The summed E-state index contributed by atoms with van der Waals surface area (Å²) in [6, 6.07) is 6.30. The summed E-state index contributed by atoms with van der Waals surface area (Å²) < 4.78 is 2.34. The second kappa shape index (κ2) is 5.54. The molecule has 1 heterocycles. The lowest BCUT2D eigenvalue weighted by Crippen LogP contribution is -2.05. The molecule has 0 N–H and O–H groups in total. The molecule has 0 bridgehead atoms. The number of nitrogens with zero attached hydrogens (tertiary/aromatic N) is 2. The molecule has 0 unspecified atom stereocenters. The average Bonchev–Trinajstić information content (AvgIpc) is 2.66. The molecule has 1 aromatic heterocycles. The molecule has 0 saturated heterocycles. The minimum Gasteiger partial charge on any atom is -0.328 e.